The number of nitrogens with zero attached hydrogens (tertiary/aromatic N) is 1. The van der Waals surface area contributed by atoms with Crippen molar-refractivity contribution in [2.45, 2.75) is 6.92 Å². The third-order valence-electron chi connectivity index (χ3n) is 2.68. The molecular weight excluding hydrogens is 326 g/mol. The van der Waals surface area contributed by atoms with Gasteiger partial charge in [0.1, 0.15) is 25.4 Å². The summed E-state index contributed by atoms with van der Waals surface area (Å²) < 4.78 is 20.2. The third kappa shape index (κ3) is 5.72. The molecule has 0 amide bonds. The van der Waals surface area contributed by atoms with Gasteiger partial charge in [0.2, 0.25) is 0 Å². The first-order valence-corrected chi connectivity index (χ1v) is 6.80. The molecule has 0 fully saturated rings. The van der Waals surface area contributed by atoms with Crippen molar-refractivity contribution < 1.29 is 38.6 Å². The van der Waals surface area contributed by atoms with E-state index in [-0.39, 0.29) is 37.9 Å². The molecule has 0 heterocycles. The molecule has 0 aliphatic carbocycles. The van der Waals surface area contributed by atoms with E-state index in [2.05, 4.69) is 0 Å². The number of carbonyl (C=O) groups excluding carboxylic acids is 1. The molecule has 1 aromatic rings. The van der Waals surface area contributed by atoms with Gasteiger partial charge in [-0.2, -0.15) is 0 Å². The first-order chi connectivity index (χ1) is 11.4. The molecule has 0 aliphatic rings. The molecule has 10 heteroatoms. The summed E-state index contributed by atoms with van der Waals surface area (Å²) in [5.41, 5.74) is -1.16. The Morgan fingerprint density at radius 1 is 1.12 bits per heavy atom. The van der Waals surface area contributed by atoms with E-state index in [9.17, 15) is 19.7 Å². The Labute approximate surface area is 137 Å². The number of ether oxygens (including phenoxy) is 4. The molecule has 1 aromatic carbocycles. The fourth-order valence-corrected chi connectivity index (χ4v) is 1.67. The van der Waals surface area contributed by atoms with Crippen LogP contribution in [0.4, 0.5) is 5.69 Å². The van der Waals surface area contributed by atoms with Gasteiger partial charge in [-0.05, 0) is 0 Å². The zero-order valence-corrected chi connectivity index (χ0v) is 13.1. The van der Waals surface area contributed by atoms with Crippen molar-refractivity contribution in [3.05, 3.63) is 27.8 Å². The zero-order chi connectivity index (χ0) is 18.1. The number of methoxy groups -OCH3 is 1. The van der Waals surface area contributed by atoms with E-state index in [0.717, 1.165) is 12.1 Å². The molecule has 0 aromatic heterocycles. The topological polar surface area (TPSA) is 134 Å². The average molecular weight is 343 g/mol. The van der Waals surface area contributed by atoms with Crippen LogP contribution in [-0.4, -0.2) is 55.5 Å². The number of carboxylic acid groups (broad SMARTS) is 1. The standard InChI is InChI=1S/C14H17NO9/c1-9(16)22-5-6-24-12-7-10(14(17)18)11(15(19)20)8-13(12)23-4-3-21-2/h7-8H,3-6H2,1-2H3,(H,17,18). The van der Waals surface area contributed by atoms with Crippen LogP contribution in [0.15, 0.2) is 12.1 Å². The number of hydrogen-bond donors (Lipinski definition) is 1. The van der Waals surface area contributed by atoms with Gasteiger partial charge in [-0.15, -0.1) is 0 Å². The summed E-state index contributed by atoms with van der Waals surface area (Å²) in [6.45, 7) is 1.40. The van der Waals surface area contributed by atoms with Gasteiger partial charge in [-0.1, -0.05) is 0 Å². The maximum absolute atomic E-state index is 11.2. The quantitative estimate of drug-likeness (QED) is 0.288. The van der Waals surface area contributed by atoms with Crippen LogP contribution < -0.4 is 9.47 Å². The number of benzene rings is 1. The molecular formula is C14H17NO9. The predicted octanol–water partition coefficient (Wildman–Crippen LogP) is 1.26. The van der Waals surface area contributed by atoms with E-state index in [4.69, 9.17) is 24.1 Å². The fourth-order valence-electron chi connectivity index (χ4n) is 1.67. The van der Waals surface area contributed by atoms with E-state index in [1.54, 1.807) is 0 Å². The zero-order valence-electron chi connectivity index (χ0n) is 13.1. The highest BCUT2D eigenvalue weighted by Crippen LogP contribution is 2.35. The van der Waals surface area contributed by atoms with E-state index in [1.165, 1.54) is 14.0 Å². The second-order valence-electron chi connectivity index (χ2n) is 4.41. The normalized spacial score (nSPS) is 10.1. The van der Waals surface area contributed by atoms with Crippen molar-refractivity contribution >= 4 is 17.6 Å². The first-order valence-electron chi connectivity index (χ1n) is 6.80. The Bertz CT molecular complexity index is 615. The maximum atomic E-state index is 11.2. The van der Waals surface area contributed by atoms with Crippen molar-refractivity contribution in [3.8, 4) is 11.5 Å². The molecule has 0 aliphatic heterocycles. The lowest BCUT2D eigenvalue weighted by Crippen LogP contribution is -2.12. The molecule has 0 unspecified atom stereocenters. The Morgan fingerprint density at radius 2 is 1.71 bits per heavy atom. The van der Waals surface area contributed by atoms with Crippen LogP contribution in [-0.2, 0) is 14.3 Å². The number of nitro groups is 1. The van der Waals surface area contributed by atoms with Crippen LogP contribution in [0.25, 0.3) is 0 Å². The number of esters is 1. The predicted molar refractivity (Wildman–Crippen MR) is 79.6 cm³/mol. The minimum Gasteiger partial charge on any atom is -0.487 e. The molecule has 0 spiro atoms. The third-order valence-corrected chi connectivity index (χ3v) is 2.68. The van der Waals surface area contributed by atoms with E-state index < -0.39 is 28.1 Å². The molecule has 0 saturated carbocycles. The molecule has 1 rings (SSSR count). The highest BCUT2D eigenvalue weighted by Gasteiger charge is 2.24. The number of aromatic carboxylic acids is 1. The Hall–Kier alpha value is -2.88. The van der Waals surface area contributed by atoms with Crippen LogP contribution in [0, 0.1) is 10.1 Å². The van der Waals surface area contributed by atoms with E-state index in [1.807, 2.05) is 0 Å². The molecule has 0 atom stereocenters. The SMILES string of the molecule is COCCOc1cc([N+](=O)[O-])c(C(=O)O)cc1OCCOC(C)=O. The average Bonchev–Trinajstić information content (AvgIpc) is 2.51. The van der Waals surface area contributed by atoms with Crippen LogP contribution in [0.1, 0.15) is 17.3 Å². The summed E-state index contributed by atoms with van der Waals surface area (Å²) in [5.74, 6) is -1.99. The highest BCUT2D eigenvalue weighted by molar-refractivity contribution is 5.93. The van der Waals surface area contributed by atoms with Crippen molar-refractivity contribution in [3.63, 3.8) is 0 Å². The highest BCUT2D eigenvalue weighted by atomic mass is 16.6. The molecule has 0 radical (unpaired) electrons. The van der Waals surface area contributed by atoms with Crippen LogP contribution in [0.5, 0.6) is 11.5 Å². The van der Waals surface area contributed by atoms with Gasteiger partial charge >= 0.3 is 11.9 Å². The lowest BCUT2D eigenvalue weighted by Gasteiger charge is -2.13. The second-order valence-corrected chi connectivity index (χ2v) is 4.41. The van der Waals surface area contributed by atoms with Crippen LogP contribution >= 0.6 is 0 Å². The number of nitro benzene ring substituents is 1. The summed E-state index contributed by atoms with van der Waals surface area (Å²) in [5, 5.41) is 20.1. The minimum absolute atomic E-state index is 0.00780. The molecule has 1 N–H and O–H groups in total. The Kier molecular flexibility index (Phi) is 7.43. The van der Waals surface area contributed by atoms with Gasteiger partial charge in [0.05, 0.1) is 17.6 Å². The molecule has 132 valence electrons. The fraction of sp³-hybridized carbons (Fsp3) is 0.429. The van der Waals surface area contributed by atoms with Crippen LogP contribution in [0.2, 0.25) is 0 Å². The second kappa shape index (κ2) is 9.30. The van der Waals surface area contributed by atoms with Crippen molar-refractivity contribution in [2.24, 2.45) is 0 Å². The van der Waals surface area contributed by atoms with Gasteiger partial charge in [0.15, 0.2) is 11.5 Å². The van der Waals surface area contributed by atoms with Crippen molar-refractivity contribution in [1.29, 1.82) is 0 Å². The molecule has 0 saturated heterocycles. The summed E-state index contributed by atoms with van der Waals surface area (Å²) in [7, 11) is 1.45. The number of carbonyl (C=O) groups is 2. The first kappa shape index (κ1) is 19.2. The molecule has 24 heavy (non-hydrogen) atoms. The minimum atomic E-state index is -1.48. The molecule has 0 bridgehead atoms. The summed E-state index contributed by atoms with van der Waals surface area (Å²) in [4.78, 5) is 32.1. The van der Waals surface area contributed by atoms with Crippen molar-refractivity contribution in [1.82, 2.24) is 0 Å². The number of carboxylic acids is 1. The van der Waals surface area contributed by atoms with Gasteiger partial charge < -0.3 is 24.1 Å². The monoisotopic (exact) mass is 343 g/mol. The van der Waals surface area contributed by atoms with Gasteiger partial charge in [0, 0.05) is 20.1 Å². The van der Waals surface area contributed by atoms with Gasteiger partial charge in [-0.3, -0.25) is 14.9 Å². The number of rotatable bonds is 10. The van der Waals surface area contributed by atoms with E-state index >= 15 is 0 Å². The maximum Gasteiger partial charge on any atom is 0.342 e. The summed E-state index contributed by atoms with van der Waals surface area (Å²) >= 11 is 0. The lowest BCUT2D eigenvalue weighted by molar-refractivity contribution is -0.385. The summed E-state index contributed by atoms with van der Waals surface area (Å²) in [6.07, 6.45) is 0. The smallest absolute Gasteiger partial charge is 0.342 e. The van der Waals surface area contributed by atoms with Crippen molar-refractivity contribution in [2.75, 3.05) is 33.5 Å². The molecule has 10 nitrogen and oxygen atoms in total. The Morgan fingerprint density at radius 3 is 2.21 bits per heavy atom. The van der Waals surface area contributed by atoms with Gasteiger partial charge in [-0.25, -0.2) is 4.79 Å². The number of hydrogen-bond acceptors (Lipinski definition) is 8. The Balaban J connectivity index is 3.05. The van der Waals surface area contributed by atoms with Gasteiger partial charge in [0.25, 0.3) is 5.69 Å². The largest absolute Gasteiger partial charge is 0.487 e. The van der Waals surface area contributed by atoms with Crippen LogP contribution in [0.3, 0.4) is 0 Å². The summed E-state index contributed by atoms with van der Waals surface area (Å²) in [6, 6.07) is 1.97. The van der Waals surface area contributed by atoms with E-state index in [0.29, 0.717) is 0 Å². The lowest BCUT2D eigenvalue weighted by atomic mass is 10.1.